The van der Waals surface area contributed by atoms with Gasteiger partial charge in [-0.1, -0.05) is 26.8 Å². The SMILES string of the molecule is COCCC(=O)N[C@H]1CC[C@]2(C)CC[C@@H]([C@H](C)C(=O)NCCc3ccc(OC)c(OC)c3)[C@H](O)[C@H]2[C@@H]1C. The molecule has 7 atom stereocenters. The Balaban J connectivity index is 1.59. The van der Waals surface area contributed by atoms with Crippen molar-refractivity contribution in [2.24, 2.45) is 29.1 Å². The van der Waals surface area contributed by atoms with E-state index in [4.69, 9.17) is 14.2 Å². The Kier molecular flexibility index (Phi) is 10.2. The minimum Gasteiger partial charge on any atom is -0.493 e. The van der Waals surface area contributed by atoms with E-state index in [-0.39, 0.29) is 46.9 Å². The summed E-state index contributed by atoms with van der Waals surface area (Å²) in [5.74, 6) is 1.07. The molecule has 0 saturated heterocycles. The molecule has 0 unspecified atom stereocenters. The molecule has 0 aliphatic heterocycles. The maximum Gasteiger partial charge on any atom is 0.223 e. The Hall–Kier alpha value is -2.32. The molecule has 3 rings (SSSR count). The average Bonchev–Trinajstić information content (AvgIpc) is 2.88. The van der Waals surface area contributed by atoms with Crippen LogP contribution >= 0.6 is 0 Å². The molecule has 1 aromatic carbocycles. The Morgan fingerprint density at radius 1 is 1.14 bits per heavy atom. The standard InChI is InChI=1S/C29H46N2O6/c1-18(28(34)30-15-11-20-7-8-23(36-5)24(17-20)37-6)21-9-13-29(3)14-10-22(19(2)26(29)27(21)33)31-25(32)12-16-35-4/h7-8,17-19,21-22,26-27,33H,9-16H2,1-6H3,(H,30,34)(H,31,32)/t18-,19+,21-,22-,26+,27-,29-/m0/s1. The van der Waals surface area contributed by atoms with Gasteiger partial charge in [0.05, 0.1) is 26.9 Å². The van der Waals surface area contributed by atoms with Gasteiger partial charge in [-0.2, -0.15) is 0 Å². The fourth-order valence-corrected chi connectivity index (χ4v) is 6.69. The molecule has 0 spiro atoms. The fourth-order valence-electron chi connectivity index (χ4n) is 6.69. The van der Waals surface area contributed by atoms with Gasteiger partial charge in [0.15, 0.2) is 11.5 Å². The van der Waals surface area contributed by atoms with Crippen LogP contribution in [-0.2, 0) is 20.7 Å². The Morgan fingerprint density at radius 3 is 2.51 bits per heavy atom. The highest BCUT2D eigenvalue weighted by molar-refractivity contribution is 5.78. The van der Waals surface area contributed by atoms with Gasteiger partial charge < -0.3 is 30.0 Å². The van der Waals surface area contributed by atoms with Crippen LogP contribution in [0.5, 0.6) is 11.5 Å². The molecule has 8 nitrogen and oxygen atoms in total. The lowest BCUT2D eigenvalue weighted by Crippen LogP contribution is -2.58. The number of methoxy groups -OCH3 is 3. The second-order valence-electron chi connectivity index (χ2n) is 11.2. The van der Waals surface area contributed by atoms with E-state index in [2.05, 4.69) is 24.5 Å². The number of benzene rings is 1. The Labute approximate surface area is 221 Å². The molecule has 0 bridgehead atoms. The van der Waals surface area contributed by atoms with Gasteiger partial charge in [0, 0.05) is 32.0 Å². The number of aliphatic hydroxyl groups is 1. The number of carbonyl (C=O) groups is 2. The number of fused-ring (bicyclic) bond motifs is 1. The lowest BCUT2D eigenvalue weighted by molar-refractivity contribution is -0.143. The molecule has 0 radical (unpaired) electrons. The largest absolute Gasteiger partial charge is 0.493 e. The summed E-state index contributed by atoms with van der Waals surface area (Å²) in [6, 6.07) is 5.79. The Morgan fingerprint density at radius 2 is 1.84 bits per heavy atom. The number of nitrogens with one attached hydrogen (secondary N) is 2. The van der Waals surface area contributed by atoms with Crippen molar-refractivity contribution in [2.45, 2.75) is 71.4 Å². The highest BCUT2D eigenvalue weighted by atomic mass is 16.5. The highest BCUT2D eigenvalue weighted by Gasteiger charge is 2.53. The minimum atomic E-state index is -0.584. The molecule has 8 heteroatoms. The summed E-state index contributed by atoms with van der Waals surface area (Å²) in [4.78, 5) is 25.4. The molecule has 37 heavy (non-hydrogen) atoms. The summed E-state index contributed by atoms with van der Waals surface area (Å²) in [6.45, 7) is 7.25. The zero-order valence-electron chi connectivity index (χ0n) is 23.3. The molecule has 3 N–H and O–H groups in total. The van der Waals surface area contributed by atoms with Gasteiger partial charge in [0.1, 0.15) is 0 Å². The van der Waals surface area contributed by atoms with Crippen molar-refractivity contribution in [3.05, 3.63) is 23.8 Å². The number of hydrogen-bond donors (Lipinski definition) is 3. The van der Waals surface area contributed by atoms with Crippen LogP contribution in [0, 0.1) is 29.1 Å². The zero-order chi connectivity index (χ0) is 27.2. The minimum absolute atomic E-state index is 0.00798. The maximum atomic E-state index is 13.1. The molecule has 2 fully saturated rings. The molecular formula is C29H46N2O6. The van der Waals surface area contributed by atoms with Gasteiger partial charge in [-0.3, -0.25) is 9.59 Å². The summed E-state index contributed by atoms with van der Waals surface area (Å²) < 4.78 is 15.7. The smallest absolute Gasteiger partial charge is 0.223 e. The molecule has 2 aliphatic rings. The number of amides is 2. The molecule has 0 aromatic heterocycles. The van der Waals surface area contributed by atoms with Crippen LogP contribution in [0.25, 0.3) is 0 Å². The summed E-state index contributed by atoms with van der Waals surface area (Å²) in [7, 11) is 4.80. The van der Waals surface area contributed by atoms with Crippen LogP contribution in [0.3, 0.4) is 0 Å². The molecule has 208 valence electrons. The highest BCUT2D eigenvalue weighted by Crippen LogP contribution is 2.55. The van der Waals surface area contributed by atoms with Crippen molar-refractivity contribution >= 4 is 11.8 Å². The normalized spacial score (nSPS) is 30.1. The van der Waals surface area contributed by atoms with Crippen molar-refractivity contribution in [2.75, 3.05) is 34.5 Å². The third-order valence-corrected chi connectivity index (χ3v) is 8.98. The first-order valence-corrected chi connectivity index (χ1v) is 13.6. The third-order valence-electron chi connectivity index (χ3n) is 8.98. The van der Waals surface area contributed by atoms with Crippen LogP contribution in [0.1, 0.15) is 58.4 Å². The quantitative estimate of drug-likeness (QED) is 0.415. The molecule has 2 amide bonds. The first kappa shape index (κ1) is 29.2. The summed E-state index contributed by atoms with van der Waals surface area (Å²) in [5.41, 5.74) is 1.07. The van der Waals surface area contributed by atoms with Crippen molar-refractivity contribution in [1.82, 2.24) is 10.6 Å². The van der Waals surface area contributed by atoms with Gasteiger partial charge in [-0.05, 0) is 73.0 Å². The molecule has 0 heterocycles. The lowest BCUT2D eigenvalue weighted by Gasteiger charge is -2.56. The number of carbonyl (C=O) groups excluding carboxylic acids is 2. The monoisotopic (exact) mass is 518 g/mol. The number of ether oxygens (including phenoxy) is 3. The van der Waals surface area contributed by atoms with Gasteiger partial charge in [0.25, 0.3) is 0 Å². The van der Waals surface area contributed by atoms with Crippen molar-refractivity contribution < 1.29 is 28.9 Å². The van der Waals surface area contributed by atoms with Crippen LogP contribution in [-0.4, -0.2) is 63.5 Å². The predicted octanol–water partition coefficient (Wildman–Crippen LogP) is 3.34. The maximum absolute atomic E-state index is 13.1. The van der Waals surface area contributed by atoms with Crippen molar-refractivity contribution in [3.63, 3.8) is 0 Å². The topological polar surface area (TPSA) is 106 Å². The average molecular weight is 519 g/mol. The lowest BCUT2D eigenvalue weighted by atomic mass is 9.51. The van der Waals surface area contributed by atoms with E-state index >= 15 is 0 Å². The third kappa shape index (κ3) is 6.77. The number of aliphatic hydroxyl groups excluding tert-OH is 1. The summed E-state index contributed by atoms with van der Waals surface area (Å²) >= 11 is 0. The van der Waals surface area contributed by atoms with E-state index in [1.807, 2.05) is 25.1 Å². The second kappa shape index (κ2) is 13.0. The van der Waals surface area contributed by atoms with Gasteiger partial charge in [-0.25, -0.2) is 0 Å². The van der Waals surface area contributed by atoms with Crippen LogP contribution in [0.15, 0.2) is 18.2 Å². The van der Waals surface area contributed by atoms with Gasteiger partial charge in [0.2, 0.25) is 11.8 Å². The van der Waals surface area contributed by atoms with E-state index in [0.29, 0.717) is 37.5 Å². The van der Waals surface area contributed by atoms with Crippen LogP contribution < -0.4 is 20.1 Å². The summed E-state index contributed by atoms with van der Waals surface area (Å²) in [5, 5.41) is 17.8. The fraction of sp³-hybridized carbons (Fsp3) is 0.724. The molecular weight excluding hydrogens is 472 g/mol. The van der Waals surface area contributed by atoms with Gasteiger partial charge in [-0.15, -0.1) is 0 Å². The first-order valence-electron chi connectivity index (χ1n) is 13.6. The van der Waals surface area contributed by atoms with Crippen LogP contribution in [0.4, 0.5) is 0 Å². The van der Waals surface area contributed by atoms with Crippen molar-refractivity contribution in [3.8, 4) is 11.5 Å². The predicted molar refractivity (Wildman–Crippen MR) is 143 cm³/mol. The molecule has 2 aliphatic carbocycles. The molecule has 2 saturated carbocycles. The molecule has 1 aromatic rings. The first-order chi connectivity index (χ1) is 17.6. The van der Waals surface area contributed by atoms with Crippen molar-refractivity contribution in [1.29, 1.82) is 0 Å². The number of hydrogen-bond acceptors (Lipinski definition) is 6. The Bertz CT molecular complexity index is 924. The second-order valence-corrected chi connectivity index (χ2v) is 11.2. The van der Waals surface area contributed by atoms with E-state index in [9.17, 15) is 14.7 Å². The van der Waals surface area contributed by atoms with E-state index in [0.717, 1.165) is 31.2 Å². The van der Waals surface area contributed by atoms with E-state index < -0.39 is 6.10 Å². The van der Waals surface area contributed by atoms with E-state index in [1.54, 1.807) is 21.3 Å². The number of rotatable bonds is 11. The van der Waals surface area contributed by atoms with E-state index in [1.165, 1.54) is 0 Å². The van der Waals surface area contributed by atoms with Gasteiger partial charge >= 0.3 is 0 Å². The van der Waals surface area contributed by atoms with Crippen LogP contribution in [0.2, 0.25) is 0 Å². The zero-order valence-corrected chi connectivity index (χ0v) is 23.3. The summed E-state index contributed by atoms with van der Waals surface area (Å²) in [6.07, 6.45) is 4.12.